The smallest absolute Gasteiger partial charge is 0.294 e. The zero-order valence-corrected chi connectivity index (χ0v) is 19.0. The van der Waals surface area contributed by atoms with Gasteiger partial charge >= 0.3 is 0 Å². The summed E-state index contributed by atoms with van der Waals surface area (Å²) in [6.45, 7) is 1.76. The van der Waals surface area contributed by atoms with Crippen LogP contribution in [0.15, 0.2) is 47.5 Å². The molecule has 180 valence electrons. The van der Waals surface area contributed by atoms with Crippen LogP contribution in [0.5, 0.6) is 5.88 Å². The molecule has 4 heterocycles. The SMILES string of the molecule is COc1cc([C@H]2C[C@H](c3cn4c(=O)c(F)c(C)nc4c(-c4ccc(F)cc4F)n3)CCO2)ccn1. The number of ether oxygens (including phenoxy) is 2. The van der Waals surface area contributed by atoms with Gasteiger partial charge in [-0.2, -0.15) is 4.39 Å². The predicted molar refractivity (Wildman–Crippen MR) is 121 cm³/mol. The van der Waals surface area contributed by atoms with Gasteiger partial charge in [0.15, 0.2) is 5.65 Å². The molecule has 0 N–H and O–H groups in total. The Morgan fingerprint density at radius 2 is 1.97 bits per heavy atom. The first-order valence-corrected chi connectivity index (χ1v) is 11.0. The second kappa shape index (κ2) is 9.10. The van der Waals surface area contributed by atoms with Crippen LogP contribution >= 0.6 is 0 Å². The number of aryl methyl sites for hydroxylation is 1. The highest BCUT2D eigenvalue weighted by molar-refractivity contribution is 5.74. The number of halogens is 3. The Balaban J connectivity index is 1.64. The molecule has 4 aromatic rings. The lowest BCUT2D eigenvalue weighted by atomic mass is 9.89. The Bertz CT molecular complexity index is 1490. The zero-order chi connectivity index (χ0) is 24.7. The summed E-state index contributed by atoms with van der Waals surface area (Å²) in [5.41, 5.74) is 0.268. The zero-order valence-electron chi connectivity index (χ0n) is 19.0. The van der Waals surface area contributed by atoms with Gasteiger partial charge < -0.3 is 9.47 Å². The maximum absolute atomic E-state index is 14.8. The molecule has 7 nitrogen and oxygen atoms in total. The molecule has 0 radical (unpaired) electrons. The molecule has 0 saturated carbocycles. The van der Waals surface area contributed by atoms with Gasteiger partial charge in [0.05, 0.1) is 24.6 Å². The van der Waals surface area contributed by atoms with Gasteiger partial charge in [-0.25, -0.2) is 23.7 Å². The Hall–Kier alpha value is -3.79. The molecular weight excluding hydrogens is 461 g/mol. The van der Waals surface area contributed by atoms with Crippen molar-refractivity contribution in [2.45, 2.75) is 31.8 Å². The van der Waals surface area contributed by atoms with Gasteiger partial charge in [-0.1, -0.05) is 0 Å². The van der Waals surface area contributed by atoms with Crippen molar-refractivity contribution in [3.05, 3.63) is 87.5 Å². The van der Waals surface area contributed by atoms with Crippen molar-refractivity contribution in [1.29, 1.82) is 0 Å². The van der Waals surface area contributed by atoms with E-state index in [1.165, 1.54) is 26.3 Å². The number of nitrogens with zero attached hydrogens (tertiary/aromatic N) is 4. The lowest BCUT2D eigenvalue weighted by molar-refractivity contribution is 0.00442. The van der Waals surface area contributed by atoms with E-state index in [0.717, 1.165) is 22.1 Å². The molecule has 0 aliphatic carbocycles. The molecule has 10 heteroatoms. The predicted octanol–water partition coefficient (Wildman–Crippen LogP) is 4.52. The van der Waals surface area contributed by atoms with E-state index in [4.69, 9.17) is 9.47 Å². The molecule has 0 bridgehead atoms. The molecule has 0 amide bonds. The van der Waals surface area contributed by atoms with E-state index in [-0.39, 0.29) is 34.6 Å². The van der Waals surface area contributed by atoms with E-state index in [0.29, 0.717) is 31.0 Å². The van der Waals surface area contributed by atoms with E-state index in [2.05, 4.69) is 15.0 Å². The second-order valence-electron chi connectivity index (χ2n) is 8.36. The highest BCUT2D eigenvalue weighted by atomic mass is 19.1. The topological polar surface area (TPSA) is 78.6 Å². The van der Waals surface area contributed by atoms with Crippen LogP contribution in [0.2, 0.25) is 0 Å². The van der Waals surface area contributed by atoms with Crippen molar-refractivity contribution >= 4 is 5.65 Å². The molecule has 5 rings (SSSR count). The lowest BCUT2D eigenvalue weighted by Crippen LogP contribution is -2.24. The van der Waals surface area contributed by atoms with Gasteiger partial charge in [0, 0.05) is 42.6 Å². The third-order valence-corrected chi connectivity index (χ3v) is 6.17. The Morgan fingerprint density at radius 3 is 2.74 bits per heavy atom. The molecule has 3 aromatic heterocycles. The number of aromatic nitrogens is 4. The average Bonchev–Trinajstić information content (AvgIpc) is 2.87. The number of benzene rings is 1. The molecule has 2 atom stereocenters. The molecular formula is C25H21F3N4O3. The van der Waals surface area contributed by atoms with Gasteiger partial charge in [-0.3, -0.25) is 9.20 Å². The first kappa shape index (κ1) is 23.0. The van der Waals surface area contributed by atoms with Gasteiger partial charge in [0.1, 0.15) is 17.3 Å². The van der Waals surface area contributed by atoms with Crippen LogP contribution in [0.4, 0.5) is 13.2 Å². The number of pyridine rings is 1. The van der Waals surface area contributed by atoms with E-state index in [1.807, 2.05) is 6.07 Å². The lowest BCUT2D eigenvalue weighted by Gasteiger charge is -2.30. The summed E-state index contributed by atoms with van der Waals surface area (Å²) in [5, 5.41) is 0. The molecule has 1 fully saturated rings. The summed E-state index contributed by atoms with van der Waals surface area (Å²) < 4.78 is 55.0. The number of rotatable bonds is 4. The summed E-state index contributed by atoms with van der Waals surface area (Å²) in [5.74, 6) is -2.34. The number of hydrogen-bond donors (Lipinski definition) is 0. The van der Waals surface area contributed by atoms with Gasteiger partial charge in [0.2, 0.25) is 11.7 Å². The van der Waals surface area contributed by atoms with Crippen molar-refractivity contribution in [2.24, 2.45) is 0 Å². The van der Waals surface area contributed by atoms with Crippen molar-refractivity contribution in [2.75, 3.05) is 13.7 Å². The van der Waals surface area contributed by atoms with Gasteiger partial charge in [-0.05, 0) is 43.5 Å². The highest BCUT2D eigenvalue weighted by Crippen LogP contribution is 2.38. The Morgan fingerprint density at radius 1 is 1.14 bits per heavy atom. The minimum atomic E-state index is -1.00. The largest absolute Gasteiger partial charge is 0.481 e. The monoisotopic (exact) mass is 482 g/mol. The normalized spacial score (nSPS) is 18.1. The number of hydrogen-bond acceptors (Lipinski definition) is 6. The van der Waals surface area contributed by atoms with Crippen LogP contribution in [-0.2, 0) is 4.74 Å². The summed E-state index contributed by atoms with van der Waals surface area (Å²) >= 11 is 0. The van der Waals surface area contributed by atoms with E-state index in [1.54, 1.807) is 12.3 Å². The second-order valence-corrected chi connectivity index (χ2v) is 8.36. The minimum Gasteiger partial charge on any atom is -0.481 e. The molecule has 35 heavy (non-hydrogen) atoms. The minimum absolute atomic E-state index is 0.00867. The van der Waals surface area contributed by atoms with E-state index in [9.17, 15) is 18.0 Å². The fourth-order valence-electron chi connectivity index (χ4n) is 4.34. The van der Waals surface area contributed by atoms with E-state index >= 15 is 0 Å². The van der Waals surface area contributed by atoms with Crippen LogP contribution in [0.25, 0.3) is 16.9 Å². The third kappa shape index (κ3) is 4.25. The molecule has 0 unspecified atom stereocenters. The van der Waals surface area contributed by atoms with Crippen LogP contribution in [0.3, 0.4) is 0 Å². The maximum Gasteiger partial charge on any atom is 0.294 e. The van der Waals surface area contributed by atoms with Crippen LogP contribution in [0, 0.1) is 24.4 Å². The quantitative estimate of drug-likeness (QED) is 0.426. The van der Waals surface area contributed by atoms with Crippen LogP contribution < -0.4 is 10.3 Å². The summed E-state index contributed by atoms with van der Waals surface area (Å²) in [6.07, 6.45) is 3.87. The third-order valence-electron chi connectivity index (χ3n) is 6.17. The fourth-order valence-corrected chi connectivity index (χ4v) is 4.34. The van der Waals surface area contributed by atoms with Crippen LogP contribution in [0.1, 0.15) is 41.8 Å². The van der Waals surface area contributed by atoms with Crippen molar-refractivity contribution in [1.82, 2.24) is 19.4 Å². The maximum atomic E-state index is 14.8. The van der Waals surface area contributed by atoms with Crippen molar-refractivity contribution < 1.29 is 22.6 Å². The van der Waals surface area contributed by atoms with Crippen molar-refractivity contribution in [3.63, 3.8) is 0 Å². The van der Waals surface area contributed by atoms with Gasteiger partial charge in [-0.15, -0.1) is 0 Å². The standard InChI is InChI=1S/C25H21F3N4O3/c1-13-22(28)25(33)32-12-19(31-23(24(32)30-13)17-4-3-16(26)11-18(17)27)14-6-8-35-20(9-14)15-5-7-29-21(10-15)34-2/h3-5,7,10-12,14,20H,6,8-9H2,1-2H3/t14-,20-/m1/s1. The summed E-state index contributed by atoms with van der Waals surface area (Å²) in [6, 6.07) is 6.68. The summed E-state index contributed by atoms with van der Waals surface area (Å²) in [7, 11) is 1.53. The van der Waals surface area contributed by atoms with E-state index < -0.39 is 23.0 Å². The molecule has 1 saturated heterocycles. The molecule has 0 spiro atoms. The number of fused-ring (bicyclic) bond motifs is 1. The fraction of sp³-hybridized carbons (Fsp3) is 0.280. The van der Waals surface area contributed by atoms with Crippen molar-refractivity contribution in [3.8, 4) is 17.1 Å². The Labute approximate surface area is 198 Å². The molecule has 1 aliphatic rings. The summed E-state index contributed by atoms with van der Waals surface area (Å²) in [4.78, 5) is 25.7. The first-order chi connectivity index (χ1) is 16.9. The number of methoxy groups -OCH3 is 1. The van der Waals surface area contributed by atoms with Crippen LogP contribution in [-0.4, -0.2) is 33.1 Å². The first-order valence-electron chi connectivity index (χ1n) is 11.0. The average molecular weight is 482 g/mol. The molecule has 1 aromatic carbocycles. The van der Waals surface area contributed by atoms with Gasteiger partial charge in [0.25, 0.3) is 5.56 Å². The molecule has 1 aliphatic heterocycles. The Kier molecular flexibility index (Phi) is 5.98. The highest BCUT2D eigenvalue weighted by Gasteiger charge is 2.28.